The van der Waals surface area contributed by atoms with Crippen LogP contribution in [0.15, 0.2) is 216 Å². The van der Waals surface area contributed by atoms with Gasteiger partial charge in [0.2, 0.25) is 0 Å². The quantitative estimate of drug-likeness (QED) is 0.0364. The van der Waals surface area contributed by atoms with Crippen LogP contribution in [0.4, 0.5) is 11.4 Å². The van der Waals surface area contributed by atoms with Crippen molar-refractivity contribution in [2.75, 3.05) is 43.4 Å². The maximum Gasteiger partial charge on any atom is 0.340 e. The zero-order chi connectivity index (χ0) is 69.6. The Morgan fingerprint density at radius 1 is 0.545 bits per heavy atom. The highest BCUT2D eigenvalue weighted by Gasteiger charge is 2.54. The van der Waals surface area contributed by atoms with E-state index in [-0.39, 0.29) is 28.2 Å². The van der Waals surface area contributed by atoms with Gasteiger partial charge in [-0.25, -0.2) is 9.59 Å². The maximum absolute atomic E-state index is 14.0. The molecule has 99 heavy (non-hydrogen) atoms. The number of hydrogen-bond donors (Lipinski definition) is 3. The van der Waals surface area contributed by atoms with Crippen LogP contribution in [0.1, 0.15) is 102 Å². The molecular formula is C79H74N8O12. The predicted molar refractivity (Wildman–Crippen MR) is 375 cm³/mol. The van der Waals surface area contributed by atoms with Crippen LogP contribution in [-0.2, 0) is 46.1 Å². The van der Waals surface area contributed by atoms with Gasteiger partial charge in [-0.05, 0) is 168 Å². The van der Waals surface area contributed by atoms with E-state index in [4.69, 9.17) is 23.4 Å². The summed E-state index contributed by atoms with van der Waals surface area (Å²) in [6.45, 7) is 15.8. The van der Waals surface area contributed by atoms with Crippen molar-refractivity contribution in [3.8, 4) is 51.2 Å². The first-order valence-corrected chi connectivity index (χ1v) is 32.4. The van der Waals surface area contributed by atoms with Gasteiger partial charge in [-0.3, -0.25) is 44.1 Å². The van der Waals surface area contributed by atoms with Gasteiger partial charge in [0.15, 0.2) is 11.0 Å². The van der Waals surface area contributed by atoms with Crippen molar-refractivity contribution in [1.29, 1.82) is 0 Å². The van der Waals surface area contributed by atoms with E-state index in [1.807, 2.05) is 104 Å². The molecule has 5 aromatic carbocycles. The Balaban J connectivity index is 0.000000195. The SMILES string of the molecule is CN(CCN(Cc1ccccn1)Cc1ccccn1)c1ccc2c(c1)C(=O)OC21c2ccc(OC(=O)C(C)(C)C)cc2Oc2cc(OC(=O)C(C)(C)C)ccc21.O=C(O)c1cc(NCCN(Cc2ccccn2)Cc2ccccn2)ccc1-c1c2ccc(=O)cc-2oc2cc(O)ccc12. The number of phenols is 1. The fourth-order valence-corrected chi connectivity index (χ4v) is 11.8. The third-order valence-corrected chi connectivity index (χ3v) is 17.0. The summed E-state index contributed by atoms with van der Waals surface area (Å²) in [6, 6.07) is 53.7. The van der Waals surface area contributed by atoms with Gasteiger partial charge in [0.05, 0.1) is 44.7 Å². The molecule has 1 aliphatic carbocycles. The van der Waals surface area contributed by atoms with E-state index in [1.54, 1.807) is 127 Å². The Bertz CT molecular complexity index is 4650. The number of carboxylic acids is 1. The minimum absolute atomic E-state index is 0.00188. The molecule has 502 valence electrons. The Kier molecular flexibility index (Phi) is 19.5. The molecule has 9 aromatic rings. The third-order valence-electron chi connectivity index (χ3n) is 17.0. The summed E-state index contributed by atoms with van der Waals surface area (Å²) in [7, 11) is 2.00. The number of carbonyl (C=O) groups excluding carboxylic acids is 3. The summed E-state index contributed by atoms with van der Waals surface area (Å²) in [5.41, 5.74) is 6.51. The van der Waals surface area contributed by atoms with Gasteiger partial charge >= 0.3 is 23.9 Å². The topological polar surface area (TPSA) is 249 Å². The number of aromatic hydroxyl groups is 1. The van der Waals surface area contributed by atoms with Crippen LogP contribution in [-0.4, -0.2) is 97.1 Å². The molecule has 3 N–H and O–H groups in total. The summed E-state index contributed by atoms with van der Waals surface area (Å²) in [5, 5.41) is 24.3. The first-order valence-electron chi connectivity index (χ1n) is 32.4. The van der Waals surface area contributed by atoms with Gasteiger partial charge in [-0.2, -0.15) is 0 Å². The van der Waals surface area contributed by atoms with Crippen LogP contribution in [0.3, 0.4) is 0 Å². The number of anilines is 2. The lowest BCUT2D eigenvalue weighted by molar-refractivity contribution is -0.143. The summed E-state index contributed by atoms with van der Waals surface area (Å²) < 4.78 is 30.3. The van der Waals surface area contributed by atoms with E-state index >= 15 is 0 Å². The van der Waals surface area contributed by atoms with Gasteiger partial charge in [0, 0.05) is 153 Å². The number of aromatic nitrogens is 4. The Morgan fingerprint density at radius 2 is 1.07 bits per heavy atom. The molecule has 4 aromatic heterocycles. The maximum atomic E-state index is 14.0. The van der Waals surface area contributed by atoms with E-state index in [0.29, 0.717) is 125 Å². The van der Waals surface area contributed by atoms with Crippen molar-refractivity contribution < 1.29 is 52.8 Å². The summed E-state index contributed by atoms with van der Waals surface area (Å²) >= 11 is 0. The third kappa shape index (κ3) is 15.3. The summed E-state index contributed by atoms with van der Waals surface area (Å²) in [6.07, 6.45) is 7.15. The molecule has 7 heterocycles. The number of carboxylic acid groups (broad SMARTS) is 1. The van der Waals surface area contributed by atoms with E-state index in [9.17, 15) is 34.2 Å². The van der Waals surface area contributed by atoms with Crippen molar-refractivity contribution in [1.82, 2.24) is 29.7 Å². The van der Waals surface area contributed by atoms with Gasteiger partial charge in [-0.15, -0.1) is 0 Å². The second-order valence-electron chi connectivity index (χ2n) is 26.4. The standard InChI is InChI=1S/C45H46N4O7.C34H28N4O5/c1-43(2,3)41(51)53-32-15-18-36-38(25-32)55-39-26-33(54-42(52)44(4,5)6)16-19-37(39)45(36)35-17-14-31(24-34(35)40(50)56-45)48(7)22-23-49(27-29-12-8-10-20-46-29)28-30-13-9-11-21-47-30;39-25-8-11-28-31(18-25)43-32-19-26(40)9-12-29(32)33(28)27-10-7-22(17-30(27)34(41)42)37-15-16-38(20-23-5-1-3-13-35-23)21-24-6-2-4-14-36-24/h8-21,24-26H,22-23,27-28H2,1-7H3;1-14,17-19,37,39H,15-16,20-21H2,(H,41,42). The Morgan fingerprint density at radius 3 is 1.59 bits per heavy atom. The first-order chi connectivity index (χ1) is 47.6. The minimum Gasteiger partial charge on any atom is -0.508 e. The second kappa shape index (κ2) is 28.6. The molecule has 0 fully saturated rings. The van der Waals surface area contributed by atoms with Crippen LogP contribution in [0.25, 0.3) is 33.4 Å². The highest BCUT2D eigenvalue weighted by Crippen LogP contribution is 2.58. The van der Waals surface area contributed by atoms with Crippen molar-refractivity contribution in [3.63, 3.8) is 0 Å². The van der Waals surface area contributed by atoms with Crippen LogP contribution in [0.2, 0.25) is 0 Å². The lowest BCUT2D eigenvalue weighted by atomic mass is 9.77. The number of phenolic OH excluding ortho intramolecular Hbond substituents is 1. The lowest BCUT2D eigenvalue weighted by Crippen LogP contribution is -2.34. The molecule has 0 radical (unpaired) electrons. The Hall–Kier alpha value is -11.6. The average molecular weight is 1330 g/mol. The number of aromatic carboxylic acids is 1. The lowest BCUT2D eigenvalue weighted by Gasteiger charge is -2.37. The number of esters is 3. The summed E-state index contributed by atoms with van der Waals surface area (Å²) in [4.78, 5) is 89.0. The monoisotopic (exact) mass is 1330 g/mol. The average Bonchev–Trinajstić information content (AvgIpc) is 1.61. The molecule has 20 nitrogen and oxygen atoms in total. The van der Waals surface area contributed by atoms with Crippen molar-refractivity contribution in [3.05, 3.63) is 268 Å². The predicted octanol–water partition coefficient (Wildman–Crippen LogP) is 14.0. The number of carbonyl (C=O) groups is 4. The van der Waals surface area contributed by atoms with E-state index in [2.05, 4.69) is 40.0 Å². The molecule has 0 saturated carbocycles. The van der Waals surface area contributed by atoms with E-state index in [0.717, 1.165) is 28.5 Å². The first kappa shape index (κ1) is 67.4. The number of nitrogens with zero attached hydrogens (tertiary/aromatic N) is 7. The molecule has 0 atom stereocenters. The largest absolute Gasteiger partial charge is 0.508 e. The number of ether oxygens (including phenoxy) is 4. The van der Waals surface area contributed by atoms with Gasteiger partial charge < -0.3 is 43.8 Å². The number of likely N-dealkylation sites (N-methyl/N-ethyl adjacent to an activating group) is 1. The molecule has 20 heteroatoms. The molecule has 0 unspecified atom stereocenters. The van der Waals surface area contributed by atoms with E-state index in [1.165, 1.54) is 24.3 Å². The van der Waals surface area contributed by atoms with Crippen molar-refractivity contribution in [2.45, 2.75) is 73.3 Å². The molecule has 0 amide bonds. The summed E-state index contributed by atoms with van der Waals surface area (Å²) in [5.74, 6) is -0.885. The number of pyridine rings is 4. The van der Waals surface area contributed by atoms with Gasteiger partial charge in [-0.1, -0.05) is 36.4 Å². The molecular weight excluding hydrogens is 1250 g/mol. The number of rotatable bonds is 20. The highest BCUT2D eigenvalue weighted by molar-refractivity contribution is 6.08. The molecule has 3 aliphatic heterocycles. The molecule has 13 rings (SSSR count). The minimum atomic E-state index is -1.40. The molecule has 1 spiro atoms. The highest BCUT2D eigenvalue weighted by atomic mass is 16.6. The fraction of sp³-hybridized carbons (Fsp3) is 0.228. The van der Waals surface area contributed by atoms with Crippen molar-refractivity contribution >= 4 is 46.2 Å². The van der Waals surface area contributed by atoms with Crippen molar-refractivity contribution in [2.24, 2.45) is 10.8 Å². The second-order valence-corrected chi connectivity index (χ2v) is 26.4. The molecule has 4 aliphatic rings. The number of fused-ring (bicyclic) bond motifs is 8. The molecule has 0 saturated heterocycles. The molecule has 0 bridgehead atoms. The van der Waals surface area contributed by atoms with Crippen LogP contribution in [0, 0.1) is 10.8 Å². The van der Waals surface area contributed by atoms with Gasteiger partial charge in [0.25, 0.3) is 0 Å². The normalized spacial score (nSPS) is 12.8. The number of benzene rings is 6. The number of nitrogens with one attached hydrogen (secondary N) is 1. The smallest absolute Gasteiger partial charge is 0.340 e. The van der Waals surface area contributed by atoms with Gasteiger partial charge in [0.1, 0.15) is 40.1 Å². The van der Waals surface area contributed by atoms with E-state index < -0.39 is 40.3 Å². The fourth-order valence-electron chi connectivity index (χ4n) is 11.8. The number of hydrogen-bond acceptors (Lipinski definition) is 19. The zero-order valence-electron chi connectivity index (χ0n) is 55.9. The Labute approximate surface area is 572 Å². The van der Waals surface area contributed by atoms with Crippen LogP contribution in [0.5, 0.6) is 28.7 Å². The van der Waals surface area contributed by atoms with Crippen LogP contribution >= 0.6 is 0 Å². The van der Waals surface area contributed by atoms with Crippen LogP contribution < -0.4 is 29.9 Å². The zero-order valence-corrected chi connectivity index (χ0v) is 55.9.